The molecule has 0 aliphatic carbocycles. The summed E-state index contributed by atoms with van der Waals surface area (Å²) in [5, 5.41) is 0. The van der Waals surface area contributed by atoms with Gasteiger partial charge in [-0.25, -0.2) is 0 Å². The van der Waals surface area contributed by atoms with Gasteiger partial charge in [0, 0.05) is 52.0 Å². The van der Waals surface area contributed by atoms with Crippen molar-refractivity contribution in [3.8, 4) is 0 Å². The summed E-state index contributed by atoms with van der Waals surface area (Å²) < 4.78 is 0. The van der Waals surface area contributed by atoms with Gasteiger partial charge in [0.15, 0.2) is 0 Å². The third-order valence-electron chi connectivity index (χ3n) is 0. The first-order valence-electron chi connectivity index (χ1n) is 1.00. The minimum absolute atomic E-state index is 0. The molecule has 0 unspecified atom stereocenters. The van der Waals surface area contributed by atoms with Crippen LogP contribution in [0.15, 0.2) is 0 Å². The van der Waals surface area contributed by atoms with Crippen molar-refractivity contribution in [2.45, 2.75) is 0 Å². The third kappa shape index (κ3) is 8.89. The van der Waals surface area contributed by atoms with Gasteiger partial charge in [-0.1, -0.05) is 0 Å². The standard InChI is InChI=1S/Hf.H6Si2.Zr/c;1-2;/h;1-2H3;. The van der Waals surface area contributed by atoms with Crippen LogP contribution in [0.2, 0.25) is 0 Å². The van der Waals surface area contributed by atoms with Crippen LogP contribution < -0.4 is 0 Å². The van der Waals surface area contributed by atoms with Gasteiger partial charge >= 0.3 is 0 Å². The van der Waals surface area contributed by atoms with E-state index in [0.29, 0.717) is 0 Å². The van der Waals surface area contributed by atoms with Gasteiger partial charge < -0.3 is 0 Å². The van der Waals surface area contributed by atoms with Crippen LogP contribution in [-0.4, -0.2) is 19.5 Å². The number of hydrogen-bond acceptors (Lipinski definition) is 0. The molecule has 0 N–H and O–H groups in total. The maximum Gasteiger partial charge on any atom is 0 e. The molecule has 0 bridgehead atoms. The summed E-state index contributed by atoms with van der Waals surface area (Å²) in [7, 11) is 2.89. The van der Waals surface area contributed by atoms with Crippen molar-refractivity contribution in [2.24, 2.45) is 0 Å². The first-order chi connectivity index (χ1) is 1.00. The Labute approximate surface area is 70.7 Å². The van der Waals surface area contributed by atoms with E-state index in [-0.39, 0.29) is 52.0 Å². The quantitative estimate of drug-likeness (QED) is 0.435. The molecule has 0 saturated carbocycles. The Hall–Kier alpha value is 2.19. The van der Waals surface area contributed by atoms with Gasteiger partial charge in [-0.15, -0.1) is 0 Å². The number of hydrogen-bond donors (Lipinski definition) is 0. The predicted octanol–water partition coefficient (Wildman–Crippen LogP) is -2.37. The molecule has 0 rings (SSSR count). The molecule has 4 heavy (non-hydrogen) atoms. The van der Waals surface area contributed by atoms with E-state index in [2.05, 4.69) is 0 Å². The van der Waals surface area contributed by atoms with Crippen LogP contribution in [-0.2, 0) is 52.0 Å². The SMILES string of the molecule is [Hf].[SiH3][SiH3].[Zr]. The fourth-order valence-electron chi connectivity index (χ4n) is 0. The smallest absolute Gasteiger partial charge is 0 e. The maximum absolute atomic E-state index is 1.44. The maximum atomic E-state index is 1.44. The molecule has 4 heteroatoms. The molecule has 0 aromatic carbocycles. The van der Waals surface area contributed by atoms with E-state index in [1.54, 1.807) is 0 Å². The Bertz CT molecular complexity index is 6.00. The summed E-state index contributed by atoms with van der Waals surface area (Å²) in [6, 6.07) is 0. The van der Waals surface area contributed by atoms with Crippen molar-refractivity contribution in [1.82, 2.24) is 0 Å². The molecule has 0 amide bonds. The molecule has 22 valence electrons. The van der Waals surface area contributed by atoms with Crippen LogP contribution in [0.25, 0.3) is 0 Å². The normalized spacial score (nSPS) is 3.00. The summed E-state index contributed by atoms with van der Waals surface area (Å²) in [4.78, 5) is 0. The average Bonchev–Trinajstić information content (AvgIpc) is 1.00. The van der Waals surface area contributed by atoms with Gasteiger partial charge in [0.1, 0.15) is 0 Å². The van der Waals surface area contributed by atoms with Crippen LogP contribution >= 0.6 is 0 Å². The Balaban J connectivity index is -0.00000000500. The van der Waals surface area contributed by atoms with E-state index in [4.69, 9.17) is 0 Å². The zero-order valence-electron chi connectivity index (χ0n) is 3.00. The molecule has 0 aliphatic rings. The van der Waals surface area contributed by atoms with Crippen LogP contribution in [0.4, 0.5) is 0 Å². The predicted molar refractivity (Wildman–Crippen MR) is 19.9 cm³/mol. The molecule has 0 radical (unpaired) electrons. The Kier molecular flexibility index (Phi) is 77.9. The van der Waals surface area contributed by atoms with Crippen molar-refractivity contribution in [2.75, 3.05) is 0 Å². The van der Waals surface area contributed by atoms with Crippen molar-refractivity contribution < 1.29 is 52.0 Å². The van der Waals surface area contributed by atoms with E-state index in [0.717, 1.165) is 0 Å². The topological polar surface area (TPSA) is 0 Å². The molecule has 0 fully saturated rings. The second-order valence-corrected chi connectivity index (χ2v) is 0. The monoisotopic (exact) mass is 332 g/mol. The minimum Gasteiger partial charge on any atom is -0.0125 e. The molecule has 0 spiro atoms. The van der Waals surface area contributed by atoms with E-state index in [9.17, 15) is 0 Å². The van der Waals surface area contributed by atoms with Gasteiger partial charge in [-0.05, 0) is 19.5 Å². The van der Waals surface area contributed by atoms with Gasteiger partial charge in [-0.2, -0.15) is 0 Å². The Morgan fingerprint density at radius 1 is 1.00 bits per heavy atom. The summed E-state index contributed by atoms with van der Waals surface area (Å²) in [6.07, 6.45) is 0. The minimum atomic E-state index is 0. The van der Waals surface area contributed by atoms with E-state index >= 15 is 0 Å². The molecule has 0 nitrogen and oxygen atoms in total. The Morgan fingerprint density at radius 3 is 1.00 bits per heavy atom. The van der Waals surface area contributed by atoms with E-state index in [1.807, 2.05) is 0 Å². The second-order valence-electron chi connectivity index (χ2n) is 0. The van der Waals surface area contributed by atoms with Gasteiger partial charge in [0.05, 0.1) is 0 Å². The van der Waals surface area contributed by atoms with Crippen LogP contribution in [0, 0.1) is 0 Å². The fraction of sp³-hybridized carbons (Fsp3) is 0. The molecule has 0 aromatic heterocycles. The molecule has 0 atom stereocenters. The van der Waals surface area contributed by atoms with Gasteiger partial charge in [0.2, 0.25) is 0 Å². The average molecular weight is 332 g/mol. The fourth-order valence-corrected chi connectivity index (χ4v) is 0. The molecule has 0 aromatic rings. The largest absolute Gasteiger partial charge is 0.0125 e. The molecule has 0 heterocycles. The summed E-state index contributed by atoms with van der Waals surface area (Å²) >= 11 is 0. The number of rotatable bonds is 0. The summed E-state index contributed by atoms with van der Waals surface area (Å²) in [5.74, 6) is 0. The second kappa shape index (κ2) is 19.0. The van der Waals surface area contributed by atoms with Crippen LogP contribution in [0.1, 0.15) is 0 Å². The molecular weight excluding hydrogens is 326 g/mol. The van der Waals surface area contributed by atoms with Gasteiger partial charge in [0.25, 0.3) is 0 Å². The van der Waals surface area contributed by atoms with Crippen LogP contribution in [0.3, 0.4) is 0 Å². The van der Waals surface area contributed by atoms with Crippen molar-refractivity contribution in [3.63, 3.8) is 0 Å². The van der Waals surface area contributed by atoms with Crippen molar-refractivity contribution in [3.05, 3.63) is 0 Å². The zero-order chi connectivity index (χ0) is 2.00. The zero-order valence-corrected chi connectivity index (χ0v) is 13.1. The first kappa shape index (κ1) is 16.4. The van der Waals surface area contributed by atoms with E-state index < -0.39 is 0 Å². The van der Waals surface area contributed by atoms with Crippen molar-refractivity contribution in [1.29, 1.82) is 0 Å². The Morgan fingerprint density at radius 2 is 1.00 bits per heavy atom. The van der Waals surface area contributed by atoms with E-state index in [1.165, 1.54) is 19.5 Å². The third-order valence-corrected chi connectivity index (χ3v) is 0. The van der Waals surface area contributed by atoms with Crippen molar-refractivity contribution >= 4 is 19.5 Å². The molecule has 0 aliphatic heterocycles. The summed E-state index contributed by atoms with van der Waals surface area (Å²) in [6.45, 7) is 0. The summed E-state index contributed by atoms with van der Waals surface area (Å²) in [5.41, 5.74) is 0. The first-order valence-corrected chi connectivity index (χ1v) is 9.00. The molecular formula is H6HfSi2Zr. The van der Waals surface area contributed by atoms with Gasteiger partial charge in [-0.3, -0.25) is 0 Å². The molecule has 0 saturated heterocycles. The van der Waals surface area contributed by atoms with Crippen LogP contribution in [0.5, 0.6) is 0 Å².